The molecular formula is C12H8ClF7O3. The molecule has 0 amide bonds. The van der Waals surface area contributed by atoms with E-state index in [0.29, 0.717) is 0 Å². The Kier molecular flexibility index (Phi) is 5.40. The minimum atomic E-state index is -6.62. The summed E-state index contributed by atoms with van der Waals surface area (Å²) >= 11 is 5.61. The molecule has 0 bridgehead atoms. The number of alkyl halides is 7. The first-order valence-electron chi connectivity index (χ1n) is 5.66. The van der Waals surface area contributed by atoms with Crippen LogP contribution in [0.15, 0.2) is 18.2 Å². The molecule has 0 radical (unpaired) electrons. The van der Waals surface area contributed by atoms with Crippen LogP contribution in [0.5, 0.6) is 5.75 Å². The lowest BCUT2D eigenvalue weighted by Gasteiger charge is -2.26. The molecule has 0 N–H and O–H groups in total. The highest BCUT2D eigenvalue weighted by Gasteiger charge is 2.77. The van der Waals surface area contributed by atoms with Crippen LogP contribution in [-0.4, -0.2) is 31.1 Å². The SMILES string of the molecule is COc1cc(Cl)ccc1COC(=O)C(F)(F)C(F)(F)C(F)(F)F. The maximum atomic E-state index is 13.0. The summed E-state index contributed by atoms with van der Waals surface area (Å²) in [4.78, 5) is 11.0. The number of rotatable bonds is 5. The average Bonchev–Trinajstić information content (AvgIpc) is 2.43. The van der Waals surface area contributed by atoms with Crippen molar-refractivity contribution in [1.82, 2.24) is 0 Å². The Morgan fingerprint density at radius 3 is 2.17 bits per heavy atom. The molecule has 0 atom stereocenters. The largest absolute Gasteiger partial charge is 0.496 e. The number of benzene rings is 1. The standard InChI is InChI=1S/C12H8ClF7O3/c1-22-8-4-7(13)3-2-6(8)5-23-9(21)10(14,15)11(16,17)12(18,19)20/h2-4H,5H2,1H3. The van der Waals surface area contributed by atoms with Gasteiger partial charge in [0.15, 0.2) is 0 Å². The molecule has 0 saturated heterocycles. The number of hydrogen-bond acceptors (Lipinski definition) is 3. The summed E-state index contributed by atoms with van der Waals surface area (Å²) in [7, 11) is 1.16. The molecular weight excluding hydrogens is 361 g/mol. The van der Waals surface area contributed by atoms with Crippen molar-refractivity contribution in [3.63, 3.8) is 0 Å². The van der Waals surface area contributed by atoms with Crippen LogP contribution in [0.2, 0.25) is 5.02 Å². The average molecular weight is 369 g/mol. The van der Waals surface area contributed by atoms with Gasteiger partial charge in [-0.2, -0.15) is 30.7 Å². The monoisotopic (exact) mass is 368 g/mol. The van der Waals surface area contributed by atoms with Gasteiger partial charge in [0.05, 0.1) is 7.11 Å². The number of methoxy groups -OCH3 is 1. The van der Waals surface area contributed by atoms with E-state index in [-0.39, 0.29) is 16.3 Å². The van der Waals surface area contributed by atoms with Crippen LogP contribution in [0.25, 0.3) is 0 Å². The van der Waals surface area contributed by atoms with E-state index in [0.717, 1.165) is 13.2 Å². The van der Waals surface area contributed by atoms with E-state index in [1.807, 2.05) is 0 Å². The van der Waals surface area contributed by atoms with Gasteiger partial charge in [-0.1, -0.05) is 17.7 Å². The summed E-state index contributed by atoms with van der Waals surface area (Å²) in [6.07, 6.45) is -6.62. The summed E-state index contributed by atoms with van der Waals surface area (Å²) in [5, 5.41) is 0.172. The van der Waals surface area contributed by atoms with Crippen LogP contribution >= 0.6 is 11.6 Å². The summed E-state index contributed by atoms with van der Waals surface area (Å²) in [5.41, 5.74) is -0.0589. The lowest BCUT2D eigenvalue weighted by Crippen LogP contribution is -2.56. The number of carbonyl (C=O) groups is 1. The van der Waals surface area contributed by atoms with Crippen LogP contribution in [-0.2, 0) is 16.1 Å². The summed E-state index contributed by atoms with van der Waals surface area (Å²) in [5.74, 6) is -15.7. The van der Waals surface area contributed by atoms with Gasteiger partial charge in [-0.15, -0.1) is 0 Å². The molecule has 1 rings (SSSR count). The van der Waals surface area contributed by atoms with E-state index in [1.54, 1.807) is 0 Å². The molecule has 0 aromatic heterocycles. The van der Waals surface area contributed by atoms with Crippen LogP contribution in [0.3, 0.4) is 0 Å². The summed E-state index contributed by atoms with van der Waals surface area (Å²) in [6, 6.07) is 3.61. The molecule has 0 spiro atoms. The van der Waals surface area contributed by atoms with E-state index in [9.17, 15) is 35.5 Å². The molecule has 0 aliphatic rings. The third-order valence-electron chi connectivity index (χ3n) is 2.61. The highest BCUT2D eigenvalue weighted by molar-refractivity contribution is 6.30. The molecule has 1 aromatic rings. The normalized spacial score (nSPS) is 12.9. The van der Waals surface area contributed by atoms with E-state index in [2.05, 4.69) is 4.74 Å². The van der Waals surface area contributed by atoms with Gasteiger partial charge in [0.1, 0.15) is 12.4 Å². The zero-order chi connectivity index (χ0) is 18.1. The topological polar surface area (TPSA) is 35.5 Å². The number of esters is 1. The molecule has 1 aromatic carbocycles. The number of ether oxygens (including phenoxy) is 2. The molecule has 0 unspecified atom stereocenters. The second-order valence-electron chi connectivity index (χ2n) is 4.18. The maximum absolute atomic E-state index is 13.0. The summed E-state index contributed by atoms with van der Waals surface area (Å²) in [6.45, 7) is -1.01. The first-order chi connectivity index (χ1) is 10.3. The fourth-order valence-corrected chi connectivity index (χ4v) is 1.54. The Bertz CT molecular complexity index is 587. The fourth-order valence-electron chi connectivity index (χ4n) is 1.38. The van der Waals surface area contributed by atoms with Gasteiger partial charge < -0.3 is 9.47 Å². The van der Waals surface area contributed by atoms with Crippen molar-refractivity contribution in [2.75, 3.05) is 7.11 Å². The van der Waals surface area contributed by atoms with Gasteiger partial charge >= 0.3 is 24.0 Å². The van der Waals surface area contributed by atoms with E-state index in [1.165, 1.54) is 12.1 Å². The minimum Gasteiger partial charge on any atom is -0.496 e. The quantitative estimate of drug-likeness (QED) is 0.576. The van der Waals surface area contributed by atoms with Crippen molar-refractivity contribution in [1.29, 1.82) is 0 Å². The highest BCUT2D eigenvalue weighted by Crippen LogP contribution is 2.47. The van der Waals surface area contributed by atoms with Crippen molar-refractivity contribution >= 4 is 17.6 Å². The number of carbonyl (C=O) groups excluding carboxylic acids is 1. The predicted molar refractivity (Wildman–Crippen MR) is 63.7 cm³/mol. The van der Waals surface area contributed by atoms with Gasteiger partial charge in [-0.25, -0.2) is 4.79 Å². The van der Waals surface area contributed by atoms with Crippen molar-refractivity contribution in [2.24, 2.45) is 0 Å². The lowest BCUT2D eigenvalue weighted by molar-refractivity contribution is -0.348. The third-order valence-corrected chi connectivity index (χ3v) is 2.85. The second kappa shape index (κ2) is 6.42. The molecule has 23 heavy (non-hydrogen) atoms. The first-order valence-corrected chi connectivity index (χ1v) is 6.04. The molecule has 3 nitrogen and oxygen atoms in total. The van der Waals surface area contributed by atoms with Crippen LogP contribution < -0.4 is 4.74 Å². The Balaban J connectivity index is 2.92. The molecule has 130 valence electrons. The molecule has 11 heteroatoms. The Morgan fingerprint density at radius 2 is 1.70 bits per heavy atom. The number of halogens is 8. The van der Waals surface area contributed by atoms with Crippen molar-refractivity contribution in [3.05, 3.63) is 28.8 Å². The maximum Gasteiger partial charge on any atom is 0.460 e. The van der Waals surface area contributed by atoms with Crippen LogP contribution in [0.4, 0.5) is 30.7 Å². The van der Waals surface area contributed by atoms with Gasteiger partial charge in [-0.05, 0) is 12.1 Å². The van der Waals surface area contributed by atoms with Crippen LogP contribution in [0, 0.1) is 0 Å². The van der Waals surface area contributed by atoms with E-state index < -0.39 is 30.6 Å². The highest BCUT2D eigenvalue weighted by atomic mass is 35.5. The Morgan fingerprint density at radius 1 is 1.13 bits per heavy atom. The lowest BCUT2D eigenvalue weighted by atomic mass is 10.1. The van der Waals surface area contributed by atoms with E-state index >= 15 is 0 Å². The predicted octanol–water partition coefficient (Wildman–Crippen LogP) is 4.22. The van der Waals surface area contributed by atoms with Gasteiger partial charge in [-0.3, -0.25) is 0 Å². The molecule has 0 heterocycles. The van der Waals surface area contributed by atoms with Crippen molar-refractivity contribution in [3.8, 4) is 5.75 Å². The second-order valence-corrected chi connectivity index (χ2v) is 4.62. The van der Waals surface area contributed by atoms with Gasteiger partial charge in [0, 0.05) is 10.6 Å². The molecule has 0 fully saturated rings. The first kappa shape index (κ1) is 19.3. The van der Waals surface area contributed by atoms with Crippen molar-refractivity contribution < 1.29 is 45.0 Å². The summed E-state index contributed by atoms with van der Waals surface area (Å²) < 4.78 is 95.9. The van der Waals surface area contributed by atoms with Gasteiger partial charge in [0.2, 0.25) is 0 Å². The minimum absolute atomic E-state index is 0.0313. The van der Waals surface area contributed by atoms with Crippen LogP contribution in [0.1, 0.15) is 5.56 Å². The Labute approximate surface area is 129 Å². The molecule has 0 aliphatic heterocycles. The molecule has 0 aliphatic carbocycles. The number of hydrogen-bond donors (Lipinski definition) is 0. The molecule has 0 saturated carbocycles. The van der Waals surface area contributed by atoms with E-state index in [4.69, 9.17) is 16.3 Å². The third kappa shape index (κ3) is 3.80. The van der Waals surface area contributed by atoms with Crippen molar-refractivity contribution in [2.45, 2.75) is 24.6 Å². The van der Waals surface area contributed by atoms with Gasteiger partial charge in [0.25, 0.3) is 0 Å². The fraction of sp³-hybridized carbons (Fsp3) is 0.417. The zero-order valence-electron chi connectivity index (χ0n) is 11.2. The smallest absolute Gasteiger partial charge is 0.460 e. The zero-order valence-corrected chi connectivity index (χ0v) is 11.9. The Hall–Kier alpha value is -1.71.